The molecule has 2 aliphatic rings. The molecular formula is C23H29N5O2S. The van der Waals surface area contributed by atoms with Crippen LogP contribution < -0.4 is 10.6 Å². The quantitative estimate of drug-likeness (QED) is 0.632. The Kier molecular flexibility index (Phi) is 7.34. The Morgan fingerprint density at radius 2 is 1.84 bits per heavy atom. The van der Waals surface area contributed by atoms with Gasteiger partial charge in [0.1, 0.15) is 5.52 Å². The smallest absolute Gasteiger partial charge is 0.154 e. The maximum absolute atomic E-state index is 5.80. The molecule has 31 heavy (non-hydrogen) atoms. The van der Waals surface area contributed by atoms with Gasteiger partial charge in [-0.1, -0.05) is 24.3 Å². The Bertz CT molecular complexity index is 989. The summed E-state index contributed by atoms with van der Waals surface area (Å²) < 4.78 is 11.3. The minimum absolute atomic E-state index is 0. The van der Waals surface area contributed by atoms with Crippen LogP contribution in [0, 0.1) is 0 Å². The molecule has 3 aromatic rings. The van der Waals surface area contributed by atoms with Crippen molar-refractivity contribution in [2.24, 2.45) is 0 Å². The maximum atomic E-state index is 5.80. The van der Waals surface area contributed by atoms with Crippen LogP contribution in [-0.4, -0.2) is 60.5 Å². The zero-order valence-electron chi connectivity index (χ0n) is 17.5. The number of benzene rings is 1. The van der Waals surface area contributed by atoms with Gasteiger partial charge in [0, 0.05) is 50.8 Å². The first-order valence-electron chi connectivity index (χ1n) is 10.7. The lowest BCUT2D eigenvalue weighted by Crippen LogP contribution is -2.42. The lowest BCUT2D eigenvalue weighted by Gasteiger charge is -2.24. The fourth-order valence-corrected chi connectivity index (χ4v) is 4.16. The summed E-state index contributed by atoms with van der Waals surface area (Å²) >= 11 is 0. The van der Waals surface area contributed by atoms with E-state index >= 15 is 0 Å². The van der Waals surface area contributed by atoms with Crippen molar-refractivity contribution in [1.82, 2.24) is 20.3 Å². The Labute approximate surface area is 189 Å². The van der Waals surface area contributed by atoms with E-state index in [1.807, 2.05) is 6.07 Å². The zero-order valence-corrected chi connectivity index (χ0v) is 18.5. The van der Waals surface area contributed by atoms with Gasteiger partial charge in [-0.25, -0.2) is 9.97 Å². The number of ether oxygens (including phenoxy) is 2. The highest BCUT2D eigenvalue weighted by molar-refractivity contribution is 7.59. The fraction of sp³-hybridized carbons (Fsp3) is 0.435. The summed E-state index contributed by atoms with van der Waals surface area (Å²) in [5.41, 5.74) is 4.97. The van der Waals surface area contributed by atoms with E-state index < -0.39 is 0 Å². The number of pyridine rings is 1. The van der Waals surface area contributed by atoms with Crippen molar-refractivity contribution < 1.29 is 9.47 Å². The number of rotatable bonds is 5. The second-order valence-electron chi connectivity index (χ2n) is 7.87. The van der Waals surface area contributed by atoms with Crippen LogP contribution >= 0.6 is 13.5 Å². The van der Waals surface area contributed by atoms with Crippen molar-refractivity contribution in [3.63, 3.8) is 0 Å². The van der Waals surface area contributed by atoms with Gasteiger partial charge in [-0.05, 0) is 30.4 Å². The first kappa shape index (κ1) is 22.0. The first-order chi connectivity index (χ1) is 14.9. The zero-order chi connectivity index (χ0) is 20.2. The van der Waals surface area contributed by atoms with Crippen molar-refractivity contribution >= 4 is 30.3 Å². The third-order valence-corrected chi connectivity index (χ3v) is 5.86. The molecule has 0 aliphatic carbocycles. The molecule has 2 N–H and O–H groups in total. The van der Waals surface area contributed by atoms with Crippen LogP contribution in [0.25, 0.3) is 22.3 Å². The summed E-state index contributed by atoms with van der Waals surface area (Å²) in [6.07, 6.45) is 5.73. The average Bonchev–Trinajstić information content (AvgIpc) is 2.84. The van der Waals surface area contributed by atoms with E-state index in [2.05, 4.69) is 44.9 Å². The molecule has 2 aromatic heterocycles. The normalized spacial score (nSPS) is 19.7. The molecule has 2 aliphatic heterocycles. The van der Waals surface area contributed by atoms with Crippen LogP contribution in [0.2, 0.25) is 0 Å². The van der Waals surface area contributed by atoms with Gasteiger partial charge >= 0.3 is 0 Å². The number of morpholine rings is 1. The monoisotopic (exact) mass is 439 g/mol. The van der Waals surface area contributed by atoms with Gasteiger partial charge in [0.25, 0.3) is 0 Å². The molecule has 164 valence electrons. The largest absolute Gasteiger partial charge is 0.381 e. The number of nitrogens with zero attached hydrogens (tertiary/aromatic N) is 3. The Hall–Kier alpha value is -2.26. The predicted molar refractivity (Wildman–Crippen MR) is 127 cm³/mol. The van der Waals surface area contributed by atoms with Gasteiger partial charge in [-0.15, -0.1) is 0 Å². The fourth-order valence-electron chi connectivity index (χ4n) is 4.16. The second kappa shape index (κ2) is 10.4. The van der Waals surface area contributed by atoms with Crippen molar-refractivity contribution in [2.75, 3.05) is 44.8 Å². The van der Waals surface area contributed by atoms with Crippen molar-refractivity contribution in [3.8, 4) is 11.3 Å². The van der Waals surface area contributed by atoms with Gasteiger partial charge in [0.05, 0.1) is 23.9 Å². The number of anilines is 1. The SMILES string of the molecule is S.c1cnc2c(NC[C@@H]3CNCCO3)nc(-c3ccc(C4CCOCC4)cc3)cc2n1. The van der Waals surface area contributed by atoms with Crippen molar-refractivity contribution in [3.05, 3.63) is 48.3 Å². The maximum Gasteiger partial charge on any atom is 0.154 e. The van der Waals surface area contributed by atoms with Crippen molar-refractivity contribution in [1.29, 1.82) is 0 Å². The Balaban J connectivity index is 0.00000231. The van der Waals surface area contributed by atoms with Gasteiger partial charge in [0.2, 0.25) is 0 Å². The summed E-state index contributed by atoms with van der Waals surface area (Å²) in [4.78, 5) is 13.9. The van der Waals surface area contributed by atoms with Crippen LogP contribution in [0.15, 0.2) is 42.7 Å². The number of hydrogen-bond acceptors (Lipinski definition) is 7. The van der Waals surface area contributed by atoms with E-state index in [1.165, 1.54) is 5.56 Å². The molecule has 0 radical (unpaired) electrons. The summed E-state index contributed by atoms with van der Waals surface area (Å²) in [6.45, 7) is 4.86. The molecule has 0 bridgehead atoms. The highest BCUT2D eigenvalue weighted by atomic mass is 32.1. The molecule has 8 heteroatoms. The lowest BCUT2D eigenvalue weighted by atomic mass is 9.91. The molecule has 2 fully saturated rings. The average molecular weight is 440 g/mol. The Morgan fingerprint density at radius 1 is 1.03 bits per heavy atom. The van der Waals surface area contributed by atoms with Gasteiger partial charge in [-0.3, -0.25) is 4.98 Å². The minimum atomic E-state index is 0. The van der Waals surface area contributed by atoms with Crippen molar-refractivity contribution in [2.45, 2.75) is 24.9 Å². The van der Waals surface area contributed by atoms with Crippen LogP contribution in [0.4, 0.5) is 5.82 Å². The third-order valence-electron chi connectivity index (χ3n) is 5.86. The molecular weight excluding hydrogens is 410 g/mol. The molecule has 5 rings (SSSR count). The topological polar surface area (TPSA) is 81.2 Å². The number of aromatic nitrogens is 3. The first-order valence-corrected chi connectivity index (χ1v) is 10.7. The summed E-state index contributed by atoms with van der Waals surface area (Å²) in [5.74, 6) is 1.34. The van der Waals surface area contributed by atoms with E-state index in [-0.39, 0.29) is 19.6 Å². The molecule has 4 heterocycles. The molecule has 1 aromatic carbocycles. The van der Waals surface area contributed by atoms with E-state index in [0.717, 1.165) is 73.9 Å². The summed E-state index contributed by atoms with van der Waals surface area (Å²) in [5, 5.41) is 6.79. The highest BCUT2D eigenvalue weighted by Gasteiger charge is 2.17. The standard InChI is InChI=1S/C23H27N5O2.H2S/c1-3-18(4-2-16(1)17-5-10-29-11-6-17)20-13-21-22(26-8-7-25-21)23(28-20)27-15-19-14-24-9-12-30-19;/h1-4,7-8,13,17,19,24H,5-6,9-12,14-15H2,(H,27,28);1H2/t19-;/m0./s1. The van der Waals surface area contributed by atoms with Gasteiger partial charge in [0.15, 0.2) is 5.82 Å². The van der Waals surface area contributed by atoms with Gasteiger partial charge in [-0.2, -0.15) is 13.5 Å². The third kappa shape index (κ3) is 5.15. The van der Waals surface area contributed by atoms with E-state index in [4.69, 9.17) is 14.5 Å². The Morgan fingerprint density at radius 3 is 2.61 bits per heavy atom. The molecule has 0 spiro atoms. The molecule has 0 saturated carbocycles. The molecule has 0 amide bonds. The van der Waals surface area contributed by atoms with Crippen LogP contribution in [0.3, 0.4) is 0 Å². The summed E-state index contributed by atoms with van der Waals surface area (Å²) in [6, 6.07) is 10.8. The highest BCUT2D eigenvalue weighted by Crippen LogP contribution is 2.30. The summed E-state index contributed by atoms with van der Waals surface area (Å²) in [7, 11) is 0. The van der Waals surface area contributed by atoms with Crippen LogP contribution in [0.1, 0.15) is 24.3 Å². The lowest BCUT2D eigenvalue weighted by molar-refractivity contribution is 0.0372. The van der Waals surface area contributed by atoms with E-state index in [0.29, 0.717) is 12.5 Å². The predicted octanol–water partition coefficient (Wildman–Crippen LogP) is 3.10. The molecule has 0 unspecified atom stereocenters. The number of hydrogen-bond donors (Lipinski definition) is 2. The minimum Gasteiger partial charge on any atom is -0.381 e. The number of nitrogens with one attached hydrogen (secondary N) is 2. The number of fused-ring (bicyclic) bond motifs is 1. The molecule has 2 saturated heterocycles. The van der Waals surface area contributed by atoms with E-state index in [9.17, 15) is 0 Å². The van der Waals surface area contributed by atoms with E-state index in [1.54, 1.807) is 12.4 Å². The van der Waals surface area contributed by atoms with Gasteiger partial charge < -0.3 is 20.1 Å². The van der Waals surface area contributed by atoms with Crippen LogP contribution in [0.5, 0.6) is 0 Å². The van der Waals surface area contributed by atoms with Crippen LogP contribution in [-0.2, 0) is 9.47 Å². The second-order valence-corrected chi connectivity index (χ2v) is 7.87. The molecule has 7 nitrogen and oxygen atoms in total. The molecule has 1 atom stereocenters.